The van der Waals surface area contributed by atoms with Crippen LogP contribution < -0.4 is 0 Å². The Kier molecular flexibility index (Phi) is 5.60. The summed E-state index contributed by atoms with van der Waals surface area (Å²) >= 11 is 6.00. The molecule has 1 aromatic heterocycles. The molecule has 170 valence electrons. The molecule has 3 heterocycles. The van der Waals surface area contributed by atoms with Crippen molar-refractivity contribution in [1.82, 2.24) is 14.7 Å². The SMILES string of the molecule is CCCC1=NN=C(n2nc(C(F)(F)F)c(Cl)c2C)C1(c1ccc(F)cc1)N1CCCC1=O. The Balaban J connectivity index is 2.00. The molecule has 0 spiro atoms. The van der Waals surface area contributed by atoms with Crippen molar-refractivity contribution < 1.29 is 22.4 Å². The minimum atomic E-state index is -4.78. The van der Waals surface area contributed by atoms with Crippen molar-refractivity contribution >= 4 is 29.1 Å². The number of hydrogen-bond acceptors (Lipinski definition) is 4. The number of carbonyl (C=O) groups is 1. The number of carbonyl (C=O) groups excluding carboxylic acids is 1. The minimum absolute atomic E-state index is 0.0118. The van der Waals surface area contributed by atoms with Gasteiger partial charge in [0.1, 0.15) is 5.82 Å². The fraction of sp³-hybridized carbons (Fsp3) is 0.429. The second-order valence-electron chi connectivity index (χ2n) is 7.74. The molecule has 1 unspecified atom stereocenters. The lowest BCUT2D eigenvalue weighted by molar-refractivity contribution is -0.141. The average Bonchev–Trinajstić information content (AvgIpc) is 3.40. The maximum atomic E-state index is 13.8. The highest BCUT2D eigenvalue weighted by Gasteiger charge is 2.55. The predicted molar refractivity (Wildman–Crippen MR) is 111 cm³/mol. The van der Waals surface area contributed by atoms with E-state index in [0.29, 0.717) is 37.1 Å². The van der Waals surface area contributed by atoms with Crippen molar-refractivity contribution in [3.05, 3.63) is 52.1 Å². The number of halogens is 5. The molecule has 0 bridgehead atoms. The van der Waals surface area contributed by atoms with Crippen LogP contribution in [0.5, 0.6) is 0 Å². The van der Waals surface area contributed by atoms with Crippen LogP contribution >= 0.6 is 11.6 Å². The summed E-state index contributed by atoms with van der Waals surface area (Å²) in [6.45, 7) is 3.66. The Morgan fingerprint density at radius 3 is 2.41 bits per heavy atom. The summed E-state index contributed by atoms with van der Waals surface area (Å²) in [6.07, 6.45) is -2.85. The van der Waals surface area contributed by atoms with Gasteiger partial charge in [0, 0.05) is 13.0 Å². The first-order chi connectivity index (χ1) is 15.1. The molecule has 6 nitrogen and oxygen atoms in total. The van der Waals surface area contributed by atoms with Crippen molar-refractivity contribution in [3.63, 3.8) is 0 Å². The van der Waals surface area contributed by atoms with Crippen LogP contribution in [0, 0.1) is 12.7 Å². The molecule has 2 aliphatic heterocycles. The maximum Gasteiger partial charge on any atom is 0.436 e. The van der Waals surface area contributed by atoms with Crippen molar-refractivity contribution in [3.8, 4) is 0 Å². The van der Waals surface area contributed by atoms with Gasteiger partial charge in [-0.05, 0) is 37.5 Å². The second kappa shape index (κ2) is 7.99. The lowest BCUT2D eigenvalue weighted by Gasteiger charge is -2.41. The van der Waals surface area contributed by atoms with E-state index in [1.165, 1.54) is 31.2 Å². The number of benzene rings is 1. The van der Waals surface area contributed by atoms with E-state index in [1.54, 1.807) is 4.90 Å². The van der Waals surface area contributed by atoms with E-state index >= 15 is 0 Å². The third-order valence-electron chi connectivity index (χ3n) is 5.75. The van der Waals surface area contributed by atoms with Gasteiger partial charge >= 0.3 is 6.18 Å². The number of amides is 1. The zero-order valence-electron chi connectivity index (χ0n) is 17.4. The number of hydrogen-bond donors (Lipinski definition) is 0. The lowest BCUT2D eigenvalue weighted by Crippen LogP contribution is -2.58. The van der Waals surface area contributed by atoms with Gasteiger partial charge in [0.2, 0.25) is 5.91 Å². The summed E-state index contributed by atoms with van der Waals surface area (Å²) < 4.78 is 55.3. The van der Waals surface area contributed by atoms with Crippen LogP contribution in [0.4, 0.5) is 17.6 Å². The topological polar surface area (TPSA) is 62.9 Å². The van der Waals surface area contributed by atoms with Crippen LogP contribution in [0.15, 0.2) is 34.5 Å². The number of likely N-dealkylation sites (tertiary alicyclic amines) is 1. The molecule has 32 heavy (non-hydrogen) atoms. The third-order valence-corrected chi connectivity index (χ3v) is 6.20. The predicted octanol–water partition coefficient (Wildman–Crippen LogP) is 4.94. The summed E-state index contributed by atoms with van der Waals surface area (Å²) in [7, 11) is 0. The molecule has 0 aliphatic carbocycles. The normalized spacial score (nSPS) is 21.3. The number of rotatable bonds is 4. The van der Waals surface area contributed by atoms with Gasteiger partial charge in [-0.15, -0.1) is 5.10 Å². The molecule has 0 radical (unpaired) electrons. The fourth-order valence-electron chi connectivity index (χ4n) is 4.34. The van der Waals surface area contributed by atoms with E-state index in [1.807, 2.05) is 6.92 Å². The van der Waals surface area contributed by atoms with Crippen LogP contribution in [0.25, 0.3) is 0 Å². The third kappa shape index (κ3) is 3.32. The quantitative estimate of drug-likeness (QED) is 0.596. The lowest BCUT2D eigenvalue weighted by atomic mass is 9.80. The molecule has 2 aliphatic rings. The molecule has 0 saturated carbocycles. The largest absolute Gasteiger partial charge is 0.436 e. The van der Waals surface area contributed by atoms with Gasteiger partial charge in [-0.2, -0.15) is 23.4 Å². The molecule has 1 saturated heterocycles. The van der Waals surface area contributed by atoms with E-state index < -0.39 is 28.2 Å². The maximum absolute atomic E-state index is 13.8. The highest BCUT2D eigenvalue weighted by molar-refractivity contribution is 6.32. The van der Waals surface area contributed by atoms with Gasteiger partial charge in [0.05, 0.1) is 16.4 Å². The van der Waals surface area contributed by atoms with Crippen molar-refractivity contribution in [2.24, 2.45) is 10.2 Å². The van der Waals surface area contributed by atoms with Crippen LogP contribution in [-0.2, 0) is 16.5 Å². The Bertz CT molecular complexity index is 1120. The first-order valence-corrected chi connectivity index (χ1v) is 10.5. The Labute approximate surface area is 186 Å². The van der Waals surface area contributed by atoms with E-state index in [-0.39, 0.29) is 23.9 Å². The Hall–Kier alpha value is -2.75. The van der Waals surface area contributed by atoms with Crippen molar-refractivity contribution in [2.75, 3.05) is 6.54 Å². The number of alkyl halides is 3. The number of nitrogens with zero attached hydrogens (tertiary/aromatic N) is 5. The number of aromatic nitrogens is 2. The molecule has 1 fully saturated rings. The fourth-order valence-corrected chi connectivity index (χ4v) is 4.56. The summed E-state index contributed by atoms with van der Waals surface area (Å²) in [6, 6.07) is 5.47. The summed E-state index contributed by atoms with van der Waals surface area (Å²) in [5, 5.41) is 11.7. The molecule has 1 atom stereocenters. The van der Waals surface area contributed by atoms with Gasteiger partial charge in [-0.3, -0.25) is 4.79 Å². The van der Waals surface area contributed by atoms with Gasteiger partial charge < -0.3 is 4.90 Å². The smallest absolute Gasteiger partial charge is 0.321 e. The molecule has 2 aromatic rings. The first kappa shape index (κ1) is 22.4. The minimum Gasteiger partial charge on any atom is -0.321 e. The highest BCUT2D eigenvalue weighted by atomic mass is 35.5. The first-order valence-electron chi connectivity index (χ1n) is 10.2. The van der Waals surface area contributed by atoms with E-state index in [4.69, 9.17) is 11.6 Å². The zero-order valence-corrected chi connectivity index (χ0v) is 18.1. The zero-order chi connectivity index (χ0) is 23.3. The standard InChI is InChI=1S/C21H20ClF4N5O/c1-3-5-15-20(30-11-4-6-16(30)32,13-7-9-14(23)10-8-13)19(28-27-15)31-12(2)17(22)18(29-31)21(24,25)26/h7-10H,3-6,11H2,1-2H3. The Morgan fingerprint density at radius 2 is 1.88 bits per heavy atom. The van der Waals surface area contributed by atoms with Crippen LogP contribution in [0.2, 0.25) is 5.02 Å². The molecular weight excluding hydrogens is 450 g/mol. The Morgan fingerprint density at radius 1 is 1.19 bits per heavy atom. The van der Waals surface area contributed by atoms with E-state index in [2.05, 4.69) is 15.3 Å². The van der Waals surface area contributed by atoms with Gasteiger partial charge in [-0.1, -0.05) is 37.1 Å². The van der Waals surface area contributed by atoms with Crippen LogP contribution in [-0.4, -0.2) is 38.7 Å². The van der Waals surface area contributed by atoms with Crippen molar-refractivity contribution in [2.45, 2.75) is 51.2 Å². The van der Waals surface area contributed by atoms with Gasteiger partial charge in [0.25, 0.3) is 0 Å². The summed E-state index contributed by atoms with van der Waals surface area (Å²) in [5.74, 6) is -0.669. The second-order valence-corrected chi connectivity index (χ2v) is 8.12. The van der Waals surface area contributed by atoms with Crippen molar-refractivity contribution in [1.29, 1.82) is 0 Å². The average molecular weight is 470 g/mol. The molecule has 0 N–H and O–H groups in total. The van der Waals surface area contributed by atoms with E-state index in [9.17, 15) is 22.4 Å². The monoisotopic (exact) mass is 469 g/mol. The molecule has 1 aromatic carbocycles. The molecule has 4 rings (SSSR count). The van der Waals surface area contributed by atoms with Crippen LogP contribution in [0.1, 0.15) is 49.6 Å². The van der Waals surface area contributed by atoms with E-state index in [0.717, 1.165) is 4.68 Å². The summed E-state index contributed by atoms with van der Waals surface area (Å²) in [5.41, 5.74) is -1.69. The molecular formula is C21H20ClF4N5O. The van der Waals surface area contributed by atoms with Gasteiger partial charge in [0.15, 0.2) is 17.1 Å². The van der Waals surface area contributed by atoms with Crippen LogP contribution in [0.3, 0.4) is 0 Å². The summed E-state index contributed by atoms with van der Waals surface area (Å²) in [4.78, 5) is 14.5. The highest BCUT2D eigenvalue weighted by Crippen LogP contribution is 2.42. The molecule has 11 heteroatoms. The van der Waals surface area contributed by atoms with Gasteiger partial charge in [-0.25, -0.2) is 9.07 Å². The molecule has 1 amide bonds.